The Balaban J connectivity index is 2.36. The van der Waals surface area contributed by atoms with E-state index in [-0.39, 0.29) is 0 Å². The molecule has 2 rings (SSSR count). The first-order chi connectivity index (χ1) is 5.90. The van der Waals surface area contributed by atoms with Crippen LogP contribution in [-0.4, -0.2) is 0 Å². The van der Waals surface area contributed by atoms with Crippen LogP contribution in [0.1, 0.15) is 5.56 Å². The van der Waals surface area contributed by atoms with Gasteiger partial charge in [-0.2, -0.15) is 0 Å². The molecule has 1 aliphatic heterocycles. The molecule has 1 N–H and O–H groups in total. The predicted octanol–water partition coefficient (Wildman–Crippen LogP) is 2.49. The van der Waals surface area contributed by atoms with E-state index in [1.54, 1.807) is 6.08 Å². The zero-order valence-electron chi connectivity index (χ0n) is 6.45. The highest BCUT2D eigenvalue weighted by atomic mass is 16.5. The first-order valence-electron chi connectivity index (χ1n) is 3.73. The molecule has 1 aliphatic rings. The van der Waals surface area contributed by atoms with Gasteiger partial charge in [-0.05, 0) is 24.1 Å². The average molecular weight is 160 g/mol. The lowest BCUT2D eigenvalue weighted by Gasteiger charge is -2.13. The van der Waals surface area contributed by atoms with Crippen molar-refractivity contribution < 1.29 is 4.74 Å². The van der Waals surface area contributed by atoms with Crippen LogP contribution in [0.25, 0.3) is 0 Å². The second kappa shape index (κ2) is 2.77. The topological polar surface area (TPSA) is 45.4 Å². The van der Waals surface area contributed by atoms with E-state index < -0.39 is 0 Å². The molecule has 3 nitrogen and oxygen atoms in total. The smallest absolute Gasteiger partial charge is 0.234 e. The van der Waals surface area contributed by atoms with Crippen LogP contribution in [0.4, 0.5) is 0 Å². The van der Waals surface area contributed by atoms with Gasteiger partial charge < -0.3 is 4.74 Å². The number of hydrogen-bond acceptors (Lipinski definition) is 3. The van der Waals surface area contributed by atoms with Gasteiger partial charge in [0.15, 0.2) is 0 Å². The summed E-state index contributed by atoms with van der Waals surface area (Å²) in [5, 5.41) is 3.24. The summed E-state index contributed by atoms with van der Waals surface area (Å²) in [6.07, 6.45) is 2.60. The van der Waals surface area contributed by atoms with Gasteiger partial charge >= 0.3 is 0 Å². The van der Waals surface area contributed by atoms with Gasteiger partial charge in [-0.3, -0.25) is 0 Å². The molecule has 12 heavy (non-hydrogen) atoms. The van der Waals surface area contributed by atoms with Crippen molar-refractivity contribution in [1.29, 1.82) is 5.53 Å². The van der Waals surface area contributed by atoms with E-state index in [2.05, 4.69) is 5.11 Å². The third-order valence-corrected chi connectivity index (χ3v) is 1.79. The van der Waals surface area contributed by atoms with Gasteiger partial charge in [-0.1, -0.05) is 18.2 Å². The molecule has 0 bridgehead atoms. The maximum Gasteiger partial charge on any atom is 0.234 e. The Hall–Kier alpha value is -1.64. The monoisotopic (exact) mass is 160 g/mol. The molecule has 0 amide bonds. The molecule has 0 unspecified atom stereocenters. The van der Waals surface area contributed by atoms with E-state index in [1.807, 2.05) is 24.3 Å². The summed E-state index contributed by atoms with van der Waals surface area (Å²) < 4.78 is 5.29. The minimum Gasteiger partial charge on any atom is -0.438 e. The fourth-order valence-corrected chi connectivity index (χ4v) is 1.19. The summed E-state index contributed by atoms with van der Waals surface area (Å²) in [7, 11) is 0. The summed E-state index contributed by atoms with van der Waals surface area (Å²) >= 11 is 0. The van der Waals surface area contributed by atoms with Crippen molar-refractivity contribution in [1.82, 2.24) is 0 Å². The van der Waals surface area contributed by atoms with E-state index in [9.17, 15) is 0 Å². The molecular formula is C9H8N2O. The molecule has 0 radical (unpaired) electrons. The van der Waals surface area contributed by atoms with E-state index in [4.69, 9.17) is 10.3 Å². The minimum atomic E-state index is 0.383. The number of rotatable bonds is 1. The molecule has 0 atom stereocenters. The van der Waals surface area contributed by atoms with Crippen LogP contribution in [0.5, 0.6) is 5.75 Å². The minimum absolute atomic E-state index is 0.383. The summed E-state index contributed by atoms with van der Waals surface area (Å²) in [4.78, 5) is 0. The molecule has 3 heteroatoms. The number of nitrogens with zero attached hydrogens (tertiary/aromatic N) is 1. The number of fused-ring (bicyclic) bond motifs is 1. The number of nitrogens with one attached hydrogen (secondary N) is 1. The number of ether oxygens (including phenoxy) is 1. The van der Waals surface area contributed by atoms with Crippen LogP contribution in [0.15, 0.2) is 41.3 Å². The van der Waals surface area contributed by atoms with E-state index in [0.29, 0.717) is 5.88 Å². The van der Waals surface area contributed by atoms with Crippen molar-refractivity contribution in [2.24, 2.45) is 5.11 Å². The van der Waals surface area contributed by atoms with Crippen LogP contribution in [0.2, 0.25) is 0 Å². The molecule has 0 spiro atoms. The SMILES string of the molecule is N=NC1=CCc2ccccc2O1. The van der Waals surface area contributed by atoms with E-state index in [1.165, 1.54) is 0 Å². The molecular weight excluding hydrogens is 152 g/mol. The molecule has 1 aromatic carbocycles. The number of hydrogen-bond donors (Lipinski definition) is 1. The Bertz CT molecular complexity index is 344. The molecule has 1 heterocycles. The zero-order valence-corrected chi connectivity index (χ0v) is 6.45. The van der Waals surface area contributed by atoms with Crippen LogP contribution < -0.4 is 4.74 Å². The lowest BCUT2D eigenvalue weighted by molar-refractivity contribution is 0.396. The maximum absolute atomic E-state index is 6.77. The zero-order chi connectivity index (χ0) is 8.39. The molecule has 1 aromatic rings. The molecule has 0 aliphatic carbocycles. The van der Waals surface area contributed by atoms with Gasteiger partial charge in [0.25, 0.3) is 0 Å². The highest BCUT2D eigenvalue weighted by molar-refractivity contribution is 5.38. The van der Waals surface area contributed by atoms with E-state index >= 15 is 0 Å². The Kier molecular flexibility index (Phi) is 1.63. The highest BCUT2D eigenvalue weighted by Crippen LogP contribution is 2.25. The van der Waals surface area contributed by atoms with Crippen molar-refractivity contribution in [2.45, 2.75) is 6.42 Å². The van der Waals surface area contributed by atoms with Gasteiger partial charge in [-0.25, -0.2) is 5.53 Å². The summed E-state index contributed by atoms with van der Waals surface area (Å²) in [5.74, 6) is 1.19. The van der Waals surface area contributed by atoms with E-state index in [0.717, 1.165) is 17.7 Å². The Morgan fingerprint density at radius 3 is 3.00 bits per heavy atom. The van der Waals surface area contributed by atoms with Crippen molar-refractivity contribution >= 4 is 0 Å². The van der Waals surface area contributed by atoms with Crippen LogP contribution in [0.3, 0.4) is 0 Å². The van der Waals surface area contributed by atoms with Crippen LogP contribution in [0, 0.1) is 5.53 Å². The van der Waals surface area contributed by atoms with Gasteiger partial charge in [0.05, 0.1) is 0 Å². The third-order valence-electron chi connectivity index (χ3n) is 1.79. The van der Waals surface area contributed by atoms with Crippen LogP contribution >= 0.6 is 0 Å². The molecule has 0 saturated carbocycles. The first-order valence-corrected chi connectivity index (χ1v) is 3.73. The third kappa shape index (κ3) is 1.09. The van der Waals surface area contributed by atoms with Gasteiger partial charge in [0, 0.05) is 0 Å². The normalized spacial score (nSPS) is 14.2. The van der Waals surface area contributed by atoms with Crippen LogP contribution in [-0.2, 0) is 6.42 Å². The summed E-state index contributed by atoms with van der Waals surface area (Å²) in [6.45, 7) is 0. The van der Waals surface area contributed by atoms with Gasteiger partial charge in [0.2, 0.25) is 5.88 Å². The summed E-state index contributed by atoms with van der Waals surface area (Å²) in [5.41, 5.74) is 7.91. The first kappa shape index (κ1) is 7.03. The molecule has 0 saturated heterocycles. The predicted molar refractivity (Wildman–Crippen MR) is 44.0 cm³/mol. The maximum atomic E-state index is 6.77. The van der Waals surface area contributed by atoms with Crippen molar-refractivity contribution in [3.05, 3.63) is 41.8 Å². The Labute approximate surface area is 70.2 Å². The lowest BCUT2D eigenvalue weighted by atomic mass is 10.1. The van der Waals surface area contributed by atoms with Gasteiger partial charge in [0.1, 0.15) is 5.75 Å². The number of para-hydroxylation sites is 1. The quantitative estimate of drug-likeness (QED) is 0.630. The fraction of sp³-hybridized carbons (Fsp3) is 0.111. The van der Waals surface area contributed by atoms with Crippen molar-refractivity contribution in [2.75, 3.05) is 0 Å². The number of benzene rings is 1. The number of allylic oxidation sites excluding steroid dienone is 1. The molecule has 0 aromatic heterocycles. The van der Waals surface area contributed by atoms with Gasteiger partial charge in [-0.15, -0.1) is 5.11 Å². The largest absolute Gasteiger partial charge is 0.438 e. The van der Waals surface area contributed by atoms with Crippen molar-refractivity contribution in [3.63, 3.8) is 0 Å². The standard InChI is InChI=1S/C9H8N2O/c10-11-9-6-5-7-3-1-2-4-8(7)12-9/h1-4,6,10H,5H2. The highest BCUT2D eigenvalue weighted by Gasteiger charge is 2.09. The lowest BCUT2D eigenvalue weighted by Crippen LogP contribution is -2.01. The molecule has 60 valence electrons. The molecule has 0 fully saturated rings. The second-order valence-electron chi connectivity index (χ2n) is 2.57. The fourth-order valence-electron chi connectivity index (χ4n) is 1.19. The summed E-state index contributed by atoms with van der Waals surface area (Å²) in [6, 6.07) is 7.77. The Morgan fingerprint density at radius 2 is 2.17 bits per heavy atom. The second-order valence-corrected chi connectivity index (χ2v) is 2.57. The average Bonchev–Trinajstić information content (AvgIpc) is 2.17. The van der Waals surface area contributed by atoms with Crippen molar-refractivity contribution in [3.8, 4) is 5.75 Å². The Morgan fingerprint density at radius 1 is 1.33 bits per heavy atom.